The zero-order valence-corrected chi connectivity index (χ0v) is 9.94. The van der Waals surface area contributed by atoms with Crippen molar-refractivity contribution in [3.63, 3.8) is 0 Å². The first kappa shape index (κ1) is 11.4. The van der Waals surface area contributed by atoms with Gasteiger partial charge in [-0.05, 0) is 32.6 Å². The minimum absolute atomic E-state index is 0.0200. The molecule has 1 amide bonds. The molecule has 4 nitrogen and oxygen atoms in total. The molecular weight excluding hydrogens is 206 g/mol. The average molecular weight is 225 g/mol. The van der Waals surface area contributed by atoms with Gasteiger partial charge in [0.2, 0.25) is 0 Å². The van der Waals surface area contributed by atoms with Crippen molar-refractivity contribution in [1.29, 1.82) is 0 Å². The molecule has 0 N–H and O–H groups in total. The van der Waals surface area contributed by atoms with Crippen molar-refractivity contribution in [3.05, 3.63) is 0 Å². The van der Waals surface area contributed by atoms with Gasteiger partial charge in [0.1, 0.15) is 5.78 Å². The summed E-state index contributed by atoms with van der Waals surface area (Å²) in [6.45, 7) is 1.64. The van der Waals surface area contributed by atoms with Crippen molar-refractivity contribution in [2.45, 2.75) is 51.1 Å². The molecule has 2 rings (SSSR count). The summed E-state index contributed by atoms with van der Waals surface area (Å²) < 4.78 is 4.83. The number of ether oxygens (including phenoxy) is 1. The monoisotopic (exact) mass is 225 g/mol. The van der Waals surface area contributed by atoms with Crippen LogP contribution in [0.15, 0.2) is 0 Å². The van der Waals surface area contributed by atoms with Gasteiger partial charge in [0, 0.05) is 18.0 Å². The fourth-order valence-corrected chi connectivity index (χ4v) is 3.22. The summed E-state index contributed by atoms with van der Waals surface area (Å²) in [5, 5.41) is 0. The van der Waals surface area contributed by atoms with E-state index in [1.54, 1.807) is 6.92 Å². The maximum absolute atomic E-state index is 11.7. The van der Waals surface area contributed by atoms with Crippen LogP contribution in [0.4, 0.5) is 4.79 Å². The fourth-order valence-electron chi connectivity index (χ4n) is 3.22. The van der Waals surface area contributed by atoms with E-state index in [9.17, 15) is 9.59 Å². The molecule has 2 heterocycles. The number of ketones is 1. The molecular formula is C12H19NO3. The third-order valence-corrected chi connectivity index (χ3v) is 3.97. The molecule has 2 fully saturated rings. The number of carbonyl (C=O) groups excluding carboxylic acids is 2. The van der Waals surface area contributed by atoms with Crippen LogP contribution in [0.5, 0.6) is 0 Å². The zero-order valence-electron chi connectivity index (χ0n) is 9.94. The van der Waals surface area contributed by atoms with Crippen molar-refractivity contribution in [2.75, 3.05) is 7.11 Å². The Labute approximate surface area is 95.9 Å². The minimum atomic E-state index is -0.263. The van der Waals surface area contributed by atoms with Gasteiger partial charge >= 0.3 is 6.09 Å². The molecule has 2 bridgehead atoms. The zero-order chi connectivity index (χ0) is 11.7. The van der Waals surface area contributed by atoms with Gasteiger partial charge in [-0.15, -0.1) is 0 Å². The first-order valence-corrected chi connectivity index (χ1v) is 6.02. The number of carbonyl (C=O) groups is 2. The highest BCUT2D eigenvalue weighted by Gasteiger charge is 2.44. The summed E-state index contributed by atoms with van der Waals surface area (Å²) in [4.78, 5) is 25.2. The first-order valence-electron chi connectivity index (χ1n) is 6.02. The molecule has 90 valence electrons. The predicted molar refractivity (Wildman–Crippen MR) is 59.1 cm³/mol. The Morgan fingerprint density at radius 3 is 2.56 bits per heavy atom. The van der Waals surface area contributed by atoms with Crippen LogP contribution in [-0.2, 0) is 9.53 Å². The summed E-state index contributed by atoms with van der Waals surface area (Å²) in [6.07, 6.45) is 4.67. The molecule has 2 aliphatic heterocycles. The summed E-state index contributed by atoms with van der Waals surface area (Å²) in [5.74, 6) is 0.230. The Morgan fingerprint density at radius 1 is 1.19 bits per heavy atom. The van der Waals surface area contributed by atoms with Gasteiger partial charge in [-0.1, -0.05) is 6.42 Å². The Hall–Kier alpha value is -1.06. The molecule has 0 aromatic rings. The lowest BCUT2D eigenvalue weighted by atomic mass is 9.88. The molecule has 0 spiro atoms. The van der Waals surface area contributed by atoms with E-state index in [0.717, 1.165) is 32.1 Å². The van der Waals surface area contributed by atoms with Crippen molar-refractivity contribution in [1.82, 2.24) is 4.90 Å². The summed E-state index contributed by atoms with van der Waals surface area (Å²) in [6, 6.07) is 0.374. The van der Waals surface area contributed by atoms with E-state index in [0.29, 0.717) is 6.04 Å². The Kier molecular flexibility index (Phi) is 3.17. The molecule has 0 radical (unpaired) electrons. The van der Waals surface area contributed by atoms with Gasteiger partial charge in [-0.3, -0.25) is 4.79 Å². The highest BCUT2D eigenvalue weighted by Crippen LogP contribution is 2.38. The molecule has 3 atom stereocenters. The van der Waals surface area contributed by atoms with E-state index in [2.05, 4.69) is 0 Å². The van der Waals surface area contributed by atoms with E-state index in [1.807, 2.05) is 4.90 Å². The van der Waals surface area contributed by atoms with Crippen LogP contribution in [0.2, 0.25) is 0 Å². The molecule has 0 unspecified atom stereocenters. The summed E-state index contributed by atoms with van der Waals surface area (Å²) in [5.41, 5.74) is 0. The second-order valence-electron chi connectivity index (χ2n) is 4.82. The number of nitrogens with zero attached hydrogens (tertiary/aromatic N) is 1. The van der Waals surface area contributed by atoms with Crippen molar-refractivity contribution in [2.24, 2.45) is 5.92 Å². The van der Waals surface area contributed by atoms with Crippen LogP contribution in [0.25, 0.3) is 0 Å². The normalized spacial score (nSPS) is 33.4. The maximum Gasteiger partial charge on any atom is 0.410 e. The predicted octanol–water partition coefficient (Wildman–Crippen LogP) is 1.97. The van der Waals surface area contributed by atoms with Crippen LogP contribution in [-0.4, -0.2) is 36.0 Å². The number of Topliss-reactive ketones (excluding diaryl/α,β-unsaturated/α-hetero) is 1. The van der Waals surface area contributed by atoms with Crippen molar-refractivity contribution >= 4 is 11.9 Å². The largest absolute Gasteiger partial charge is 0.453 e. The highest BCUT2D eigenvalue weighted by molar-refractivity contribution is 5.80. The van der Waals surface area contributed by atoms with Gasteiger partial charge in [0.15, 0.2) is 0 Å². The second kappa shape index (κ2) is 4.44. The quantitative estimate of drug-likeness (QED) is 0.685. The first-order chi connectivity index (χ1) is 7.65. The Bertz CT molecular complexity index is 303. The van der Waals surface area contributed by atoms with Gasteiger partial charge in [-0.25, -0.2) is 4.79 Å². The molecule has 0 aliphatic carbocycles. The van der Waals surface area contributed by atoms with E-state index in [-0.39, 0.29) is 23.8 Å². The summed E-state index contributed by atoms with van der Waals surface area (Å²) in [7, 11) is 1.41. The SMILES string of the molecule is COC(=O)N1[C@H]2CCC[C@@H](C(C)=O)[C@@H]1CC2. The van der Waals surface area contributed by atoms with Crippen LogP contribution >= 0.6 is 0 Å². The Balaban J connectivity index is 2.23. The number of hydrogen-bond acceptors (Lipinski definition) is 3. The highest BCUT2D eigenvalue weighted by atomic mass is 16.5. The average Bonchev–Trinajstić information content (AvgIpc) is 2.53. The van der Waals surface area contributed by atoms with Gasteiger partial charge in [-0.2, -0.15) is 0 Å². The number of amides is 1. The molecule has 2 aliphatic rings. The van der Waals surface area contributed by atoms with Crippen molar-refractivity contribution < 1.29 is 14.3 Å². The fraction of sp³-hybridized carbons (Fsp3) is 0.833. The molecule has 0 aromatic carbocycles. The minimum Gasteiger partial charge on any atom is -0.453 e. The Morgan fingerprint density at radius 2 is 1.94 bits per heavy atom. The smallest absolute Gasteiger partial charge is 0.410 e. The van der Waals surface area contributed by atoms with E-state index >= 15 is 0 Å². The lowest BCUT2D eigenvalue weighted by Gasteiger charge is -2.29. The number of methoxy groups -OCH3 is 1. The van der Waals surface area contributed by atoms with Gasteiger partial charge in [0.05, 0.1) is 7.11 Å². The van der Waals surface area contributed by atoms with Crippen LogP contribution in [0.3, 0.4) is 0 Å². The molecule has 2 saturated heterocycles. The van der Waals surface area contributed by atoms with E-state index in [1.165, 1.54) is 7.11 Å². The van der Waals surface area contributed by atoms with Crippen molar-refractivity contribution in [3.8, 4) is 0 Å². The number of hydrogen-bond donors (Lipinski definition) is 0. The topological polar surface area (TPSA) is 46.6 Å². The van der Waals surface area contributed by atoms with Crippen LogP contribution in [0.1, 0.15) is 39.0 Å². The molecule has 0 saturated carbocycles. The van der Waals surface area contributed by atoms with Gasteiger partial charge in [0.25, 0.3) is 0 Å². The van der Waals surface area contributed by atoms with E-state index in [4.69, 9.17) is 4.74 Å². The van der Waals surface area contributed by atoms with Gasteiger partial charge < -0.3 is 9.64 Å². The van der Waals surface area contributed by atoms with Crippen LogP contribution in [0, 0.1) is 5.92 Å². The number of rotatable bonds is 1. The summed E-state index contributed by atoms with van der Waals surface area (Å²) >= 11 is 0. The third-order valence-electron chi connectivity index (χ3n) is 3.97. The third kappa shape index (κ3) is 1.81. The second-order valence-corrected chi connectivity index (χ2v) is 4.82. The van der Waals surface area contributed by atoms with E-state index < -0.39 is 0 Å². The molecule has 0 aromatic heterocycles. The lowest BCUT2D eigenvalue weighted by Crippen LogP contribution is -2.44. The molecule has 16 heavy (non-hydrogen) atoms. The lowest BCUT2D eigenvalue weighted by molar-refractivity contribution is -0.122. The molecule has 4 heteroatoms. The van der Waals surface area contributed by atoms with Crippen LogP contribution < -0.4 is 0 Å². The maximum atomic E-state index is 11.7. The standard InChI is InChI=1S/C12H19NO3/c1-8(14)10-5-3-4-9-6-7-11(10)13(9)12(15)16-2/h9-11H,3-7H2,1-2H3/t9-,10-,11-/m0/s1. The number of fused-ring (bicyclic) bond motifs is 2.